The Balaban J connectivity index is 3.51. The first-order valence-corrected chi connectivity index (χ1v) is 5.36. The van der Waals surface area contributed by atoms with Crippen LogP contribution in [0.25, 0.3) is 0 Å². The molecule has 14 heavy (non-hydrogen) atoms. The Kier molecular flexibility index (Phi) is 8.24. The van der Waals surface area contributed by atoms with Crippen molar-refractivity contribution in [2.45, 2.75) is 45.6 Å². The van der Waals surface area contributed by atoms with E-state index in [4.69, 9.17) is 5.73 Å². The molecule has 0 aromatic carbocycles. The van der Waals surface area contributed by atoms with Gasteiger partial charge in [0, 0.05) is 6.54 Å². The zero-order valence-electron chi connectivity index (χ0n) is 9.25. The van der Waals surface area contributed by atoms with E-state index in [1.807, 2.05) is 19.1 Å². The van der Waals surface area contributed by atoms with Crippen LogP contribution < -0.4 is 11.1 Å². The Bertz CT molecular complexity index is 178. The molecule has 0 aromatic heterocycles. The molecule has 3 N–H and O–H groups in total. The second kappa shape index (κ2) is 8.75. The highest BCUT2D eigenvalue weighted by Gasteiger charge is 2.10. The van der Waals surface area contributed by atoms with Gasteiger partial charge in [-0.2, -0.15) is 0 Å². The van der Waals surface area contributed by atoms with Crippen LogP contribution in [-0.2, 0) is 4.79 Å². The summed E-state index contributed by atoms with van der Waals surface area (Å²) in [5, 5.41) is 2.81. The molecule has 0 rings (SSSR count). The highest BCUT2D eigenvalue weighted by Crippen LogP contribution is 1.97. The number of allylic oxidation sites excluding steroid dienone is 1. The molecule has 0 aliphatic carbocycles. The Labute approximate surface area is 86.8 Å². The fourth-order valence-electron chi connectivity index (χ4n) is 1.13. The van der Waals surface area contributed by atoms with Crippen LogP contribution in [0.2, 0.25) is 0 Å². The number of nitrogens with one attached hydrogen (secondary N) is 1. The van der Waals surface area contributed by atoms with Gasteiger partial charge < -0.3 is 11.1 Å². The molecule has 82 valence electrons. The summed E-state index contributed by atoms with van der Waals surface area (Å²) in [6.07, 6.45) is 7.76. The van der Waals surface area contributed by atoms with Crippen molar-refractivity contribution in [1.82, 2.24) is 5.32 Å². The molecular formula is C11H22N2O. The van der Waals surface area contributed by atoms with E-state index in [1.54, 1.807) is 0 Å². The van der Waals surface area contributed by atoms with Crippen molar-refractivity contribution in [3.63, 3.8) is 0 Å². The number of rotatable bonds is 7. The summed E-state index contributed by atoms with van der Waals surface area (Å²) < 4.78 is 0. The molecule has 0 radical (unpaired) electrons. The largest absolute Gasteiger partial charge is 0.354 e. The van der Waals surface area contributed by atoms with Crippen molar-refractivity contribution < 1.29 is 4.79 Å². The third kappa shape index (κ3) is 6.66. The normalized spacial score (nSPS) is 13.1. The molecular weight excluding hydrogens is 176 g/mol. The molecule has 0 aromatic rings. The summed E-state index contributed by atoms with van der Waals surface area (Å²) in [6, 6.07) is -0.333. The zero-order valence-corrected chi connectivity index (χ0v) is 9.25. The van der Waals surface area contributed by atoms with Gasteiger partial charge >= 0.3 is 0 Å². The van der Waals surface area contributed by atoms with Crippen LogP contribution in [0.4, 0.5) is 0 Å². The summed E-state index contributed by atoms with van der Waals surface area (Å²) in [7, 11) is 0. The second-order valence-electron chi connectivity index (χ2n) is 3.40. The number of hydrogen-bond acceptors (Lipinski definition) is 2. The standard InChI is InChI=1S/C11H22N2O/c1-3-5-7-9-13-11(14)10(12)8-6-4-2/h3,5,10H,4,6-9,12H2,1-2H3,(H,13,14)/b5-3+. The van der Waals surface area contributed by atoms with Crippen LogP contribution in [-0.4, -0.2) is 18.5 Å². The van der Waals surface area contributed by atoms with Crippen molar-refractivity contribution >= 4 is 5.91 Å². The highest BCUT2D eigenvalue weighted by molar-refractivity contribution is 5.81. The molecule has 0 saturated carbocycles. The van der Waals surface area contributed by atoms with E-state index >= 15 is 0 Å². The van der Waals surface area contributed by atoms with Crippen LogP contribution in [0.3, 0.4) is 0 Å². The van der Waals surface area contributed by atoms with Gasteiger partial charge in [0.2, 0.25) is 5.91 Å². The predicted octanol–water partition coefficient (Wildman–Crippen LogP) is 1.59. The van der Waals surface area contributed by atoms with Crippen LogP contribution in [0.5, 0.6) is 0 Å². The molecule has 3 heteroatoms. The summed E-state index contributed by atoms with van der Waals surface area (Å²) in [4.78, 5) is 11.4. The fraction of sp³-hybridized carbons (Fsp3) is 0.727. The first-order valence-electron chi connectivity index (χ1n) is 5.36. The third-order valence-corrected chi connectivity index (χ3v) is 2.05. The van der Waals surface area contributed by atoms with Gasteiger partial charge in [0.15, 0.2) is 0 Å². The maximum Gasteiger partial charge on any atom is 0.236 e. The van der Waals surface area contributed by atoms with Crippen molar-refractivity contribution in [2.24, 2.45) is 5.73 Å². The fourth-order valence-corrected chi connectivity index (χ4v) is 1.13. The topological polar surface area (TPSA) is 55.1 Å². The van der Waals surface area contributed by atoms with E-state index < -0.39 is 0 Å². The third-order valence-electron chi connectivity index (χ3n) is 2.05. The molecule has 1 atom stereocenters. The van der Waals surface area contributed by atoms with Gasteiger partial charge in [-0.3, -0.25) is 4.79 Å². The molecule has 0 fully saturated rings. The van der Waals surface area contributed by atoms with E-state index in [2.05, 4.69) is 12.2 Å². The van der Waals surface area contributed by atoms with E-state index in [0.29, 0.717) is 6.54 Å². The molecule has 0 saturated heterocycles. The van der Waals surface area contributed by atoms with E-state index in [9.17, 15) is 4.79 Å². The maximum absolute atomic E-state index is 11.4. The van der Waals surface area contributed by atoms with Crippen LogP contribution >= 0.6 is 0 Å². The van der Waals surface area contributed by atoms with Gasteiger partial charge in [0.1, 0.15) is 0 Å². The van der Waals surface area contributed by atoms with Gasteiger partial charge in [-0.05, 0) is 19.8 Å². The Morgan fingerprint density at radius 1 is 1.57 bits per heavy atom. The van der Waals surface area contributed by atoms with E-state index in [-0.39, 0.29) is 11.9 Å². The number of nitrogens with two attached hydrogens (primary N) is 1. The van der Waals surface area contributed by atoms with Crippen molar-refractivity contribution in [2.75, 3.05) is 6.54 Å². The average molecular weight is 198 g/mol. The SMILES string of the molecule is C/C=C/CCNC(=O)C(N)CCCC. The lowest BCUT2D eigenvalue weighted by molar-refractivity contribution is -0.122. The second-order valence-corrected chi connectivity index (χ2v) is 3.40. The number of hydrogen-bond donors (Lipinski definition) is 2. The minimum Gasteiger partial charge on any atom is -0.354 e. The molecule has 0 bridgehead atoms. The number of amides is 1. The Hall–Kier alpha value is -0.830. The lowest BCUT2D eigenvalue weighted by Crippen LogP contribution is -2.40. The number of carbonyl (C=O) groups is 1. The molecule has 0 aliphatic heterocycles. The number of unbranched alkanes of at least 4 members (excludes halogenated alkanes) is 1. The Morgan fingerprint density at radius 3 is 2.86 bits per heavy atom. The van der Waals surface area contributed by atoms with Crippen LogP contribution in [0.15, 0.2) is 12.2 Å². The minimum atomic E-state index is -0.333. The van der Waals surface area contributed by atoms with Crippen molar-refractivity contribution in [3.8, 4) is 0 Å². The number of carbonyl (C=O) groups excluding carboxylic acids is 1. The summed E-state index contributed by atoms with van der Waals surface area (Å²) in [5.41, 5.74) is 5.69. The molecule has 1 unspecified atom stereocenters. The highest BCUT2D eigenvalue weighted by atomic mass is 16.2. The molecule has 0 aliphatic rings. The first-order chi connectivity index (χ1) is 6.72. The van der Waals surface area contributed by atoms with Gasteiger partial charge in [0.25, 0.3) is 0 Å². The monoisotopic (exact) mass is 198 g/mol. The van der Waals surface area contributed by atoms with Gasteiger partial charge in [0.05, 0.1) is 6.04 Å². The smallest absolute Gasteiger partial charge is 0.236 e. The Morgan fingerprint density at radius 2 is 2.29 bits per heavy atom. The quantitative estimate of drug-likeness (QED) is 0.482. The van der Waals surface area contributed by atoms with Gasteiger partial charge in [-0.1, -0.05) is 31.9 Å². The minimum absolute atomic E-state index is 0.0250. The maximum atomic E-state index is 11.4. The van der Waals surface area contributed by atoms with Gasteiger partial charge in [-0.15, -0.1) is 0 Å². The summed E-state index contributed by atoms with van der Waals surface area (Å²) >= 11 is 0. The predicted molar refractivity (Wildman–Crippen MR) is 59.9 cm³/mol. The molecule has 1 amide bonds. The van der Waals surface area contributed by atoms with E-state index in [0.717, 1.165) is 25.7 Å². The lowest BCUT2D eigenvalue weighted by Gasteiger charge is -2.10. The summed E-state index contributed by atoms with van der Waals surface area (Å²) in [6.45, 7) is 4.74. The molecule has 0 heterocycles. The zero-order chi connectivity index (χ0) is 10.8. The van der Waals surface area contributed by atoms with Crippen molar-refractivity contribution in [1.29, 1.82) is 0 Å². The molecule has 3 nitrogen and oxygen atoms in total. The molecule has 0 spiro atoms. The van der Waals surface area contributed by atoms with Crippen LogP contribution in [0.1, 0.15) is 39.5 Å². The van der Waals surface area contributed by atoms with E-state index in [1.165, 1.54) is 0 Å². The summed E-state index contributed by atoms with van der Waals surface area (Å²) in [5.74, 6) is -0.0250. The van der Waals surface area contributed by atoms with Gasteiger partial charge in [-0.25, -0.2) is 0 Å². The van der Waals surface area contributed by atoms with Crippen LogP contribution in [0, 0.1) is 0 Å². The first kappa shape index (κ1) is 13.2. The lowest BCUT2D eigenvalue weighted by atomic mass is 10.1. The van der Waals surface area contributed by atoms with Crippen molar-refractivity contribution in [3.05, 3.63) is 12.2 Å². The average Bonchev–Trinajstić information content (AvgIpc) is 2.20.